The summed E-state index contributed by atoms with van der Waals surface area (Å²) in [5.74, 6) is 0. The summed E-state index contributed by atoms with van der Waals surface area (Å²) in [6, 6.07) is 0. The molecule has 0 rings (SSSR count). The van der Waals surface area contributed by atoms with Crippen molar-refractivity contribution in [1.82, 2.24) is 10.6 Å². The van der Waals surface area contributed by atoms with Crippen molar-refractivity contribution in [2.45, 2.75) is 12.6 Å². The lowest BCUT2D eigenvalue weighted by atomic mass is 10.4. The quantitative estimate of drug-likeness (QED) is 0.409. The summed E-state index contributed by atoms with van der Waals surface area (Å²) in [5, 5.41) is 6.17. The molecule has 0 spiro atoms. The van der Waals surface area contributed by atoms with Crippen LogP contribution in [0.25, 0.3) is 0 Å². The highest BCUT2D eigenvalue weighted by atomic mass is 15.1. The van der Waals surface area contributed by atoms with Gasteiger partial charge >= 0.3 is 0 Å². The molecule has 0 saturated carbocycles. The minimum atomic E-state index is 0.355. The third-order valence-corrected chi connectivity index (χ3v) is 1.22. The second kappa shape index (κ2) is 5.72. The van der Waals surface area contributed by atoms with Crippen LogP contribution in [-0.4, -0.2) is 33.5 Å². The Hall–Kier alpha value is -0.410. The predicted octanol–water partition coefficient (Wildman–Crippen LogP) is -0.158. The van der Waals surface area contributed by atoms with Crippen LogP contribution in [0.1, 0.15) is 6.42 Å². The molecular weight excluding hydrogens is 114 g/mol. The number of nitrogens with zero attached hydrogens (tertiary/aromatic N) is 1. The van der Waals surface area contributed by atoms with Gasteiger partial charge in [0.1, 0.15) is 0 Å². The van der Waals surface area contributed by atoms with E-state index in [1.807, 2.05) is 20.3 Å². The van der Waals surface area contributed by atoms with E-state index in [1.165, 1.54) is 0 Å². The number of rotatable bonds is 4. The number of hydrogen-bond acceptors (Lipinski definition) is 3. The first-order valence-electron chi connectivity index (χ1n) is 3.10. The summed E-state index contributed by atoms with van der Waals surface area (Å²) >= 11 is 0. The van der Waals surface area contributed by atoms with Gasteiger partial charge in [-0.15, -0.1) is 0 Å². The van der Waals surface area contributed by atoms with Crippen LogP contribution in [0.3, 0.4) is 0 Å². The second-order valence-corrected chi connectivity index (χ2v) is 1.81. The molecule has 0 amide bonds. The van der Waals surface area contributed by atoms with Gasteiger partial charge in [0.25, 0.3) is 0 Å². The molecule has 0 atom stereocenters. The molecule has 9 heavy (non-hydrogen) atoms. The molecule has 0 aliphatic heterocycles. The fourth-order valence-corrected chi connectivity index (χ4v) is 0.591. The monoisotopic (exact) mass is 129 g/mol. The van der Waals surface area contributed by atoms with Crippen LogP contribution in [-0.2, 0) is 0 Å². The van der Waals surface area contributed by atoms with Gasteiger partial charge in [-0.2, -0.15) is 0 Å². The van der Waals surface area contributed by atoms with E-state index in [1.54, 1.807) is 7.05 Å². The molecule has 2 N–H and O–H groups in total. The minimum absolute atomic E-state index is 0.355. The lowest BCUT2D eigenvalue weighted by molar-refractivity contribution is 0.513. The molecule has 3 heteroatoms. The van der Waals surface area contributed by atoms with Crippen molar-refractivity contribution >= 4 is 6.21 Å². The average molecular weight is 129 g/mol. The molecule has 0 radical (unpaired) electrons. The molecule has 0 fully saturated rings. The van der Waals surface area contributed by atoms with Crippen LogP contribution < -0.4 is 10.6 Å². The summed E-state index contributed by atoms with van der Waals surface area (Å²) < 4.78 is 0. The summed E-state index contributed by atoms with van der Waals surface area (Å²) in [4.78, 5) is 3.87. The highest BCUT2D eigenvalue weighted by molar-refractivity contribution is 5.57. The third-order valence-electron chi connectivity index (χ3n) is 1.22. The van der Waals surface area contributed by atoms with Crippen LogP contribution in [0.5, 0.6) is 0 Å². The van der Waals surface area contributed by atoms with Gasteiger partial charge in [0.2, 0.25) is 0 Å². The van der Waals surface area contributed by atoms with Crippen LogP contribution in [0.2, 0.25) is 0 Å². The van der Waals surface area contributed by atoms with Crippen molar-refractivity contribution in [2.75, 3.05) is 21.1 Å². The standard InChI is InChI=1S/C6H15N3/c1-7-5-4-6(8-2)9-3/h5-6,8-9H,4H2,1-3H3/b7-5-. The summed E-state index contributed by atoms with van der Waals surface area (Å²) in [6.45, 7) is 0. The van der Waals surface area contributed by atoms with E-state index in [-0.39, 0.29) is 0 Å². The van der Waals surface area contributed by atoms with E-state index in [0.29, 0.717) is 6.17 Å². The minimum Gasteiger partial charge on any atom is -0.305 e. The maximum absolute atomic E-state index is 3.87. The van der Waals surface area contributed by atoms with Crippen molar-refractivity contribution < 1.29 is 0 Å². The molecule has 0 saturated heterocycles. The van der Waals surface area contributed by atoms with E-state index < -0.39 is 0 Å². The van der Waals surface area contributed by atoms with Gasteiger partial charge in [-0.05, 0) is 14.1 Å². The van der Waals surface area contributed by atoms with Crippen molar-refractivity contribution in [3.05, 3.63) is 0 Å². The van der Waals surface area contributed by atoms with E-state index in [0.717, 1.165) is 6.42 Å². The molecule has 0 aromatic carbocycles. The number of nitrogens with one attached hydrogen (secondary N) is 2. The zero-order chi connectivity index (χ0) is 7.11. The maximum atomic E-state index is 3.87. The largest absolute Gasteiger partial charge is 0.305 e. The predicted molar refractivity (Wildman–Crippen MR) is 40.9 cm³/mol. The first-order valence-corrected chi connectivity index (χ1v) is 3.10. The Labute approximate surface area is 56.6 Å². The zero-order valence-electron chi connectivity index (χ0n) is 6.31. The van der Waals surface area contributed by atoms with Crippen molar-refractivity contribution in [1.29, 1.82) is 0 Å². The van der Waals surface area contributed by atoms with Crippen molar-refractivity contribution in [3.63, 3.8) is 0 Å². The van der Waals surface area contributed by atoms with Gasteiger partial charge < -0.3 is 15.6 Å². The van der Waals surface area contributed by atoms with Crippen molar-refractivity contribution in [3.8, 4) is 0 Å². The normalized spacial score (nSPS) is 11.6. The van der Waals surface area contributed by atoms with Crippen molar-refractivity contribution in [2.24, 2.45) is 4.99 Å². The summed E-state index contributed by atoms with van der Waals surface area (Å²) in [6.07, 6.45) is 3.18. The molecule has 0 aliphatic carbocycles. The highest BCUT2D eigenvalue weighted by Crippen LogP contribution is 1.79. The number of hydrogen-bond donors (Lipinski definition) is 2. The molecule has 0 bridgehead atoms. The molecule has 54 valence electrons. The lowest BCUT2D eigenvalue weighted by Gasteiger charge is -2.10. The second-order valence-electron chi connectivity index (χ2n) is 1.81. The molecular formula is C6H15N3. The average Bonchev–Trinajstić information content (AvgIpc) is 1.91. The summed E-state index contributed by atoms with van der Waals surface area (Å²) in [5.41, 5.74) is 0. The van der Waals surface area contributed by atoms with Gasteiger partial charge in [0.15, 0.2) is 0 Å². The van der Waals surface area contributed by atoms with Gasteiger partial charge in [-0.1, -0.05) is 0 Å². The van der Waals surface area contributed by atoms with Crippen LogP contribution in [0.15, 0.2) is 4.99 Å². The molecule has 3 nitrogen and oxygen atoms in total. The first kappa shape index (κ1) is 8.59. The maximum Gasteiger partial charge on any atom is 0.0617 e. The Kier molecular flexibility index (Phi) is 5.46. The van der Waals surface area contributed by atoms with Crippen LogP contribution >= 0.6 is 0 Å². The Morgan fingerprint density at radius 1 is 1.44 bits per heavy atom. The van der Waals surface area contributed by atoms with E-state index in [9.17, 15) is 0 Å². The Morgan fingerprint density at radius 2 is 2.00 bits per heavy atom. The van der Waals surface area contributed by atoms with Crippen LogP contribution in [0.4, 0.5) is 0 Å². The topological polar surface area (TPSA) is 36.4 Å². The van der Waals surface area contributed by atoms with E-state index in [2.05, 4.69) is 15.6 Å². The third kappa shape index (κ3) is 4.12. The Bertz CT molecular complexity index is 76.4. The molecule has 0 unspecified atom stereocenters. The number of aliphatic imine (C=N–C) groups is 1. The SMILES string of the molecule is C/N=C\CC(NC)NC. The smallest absolute Gasteiger partial charge is 0.0617 e. The lowest BCUT2D eigenvalue weighted by Crippen LogP contribution is -2.37. The summed E-state index contributed by atoms with van der Waals surface area (Å²) in [7, 11) is 5.62. The Balaban J connectivity index is 3.31. The Morgan fingerprint density at radius 3 is 2.33 bits per heavy atom. The van der Waals surface area contributed by atoms with Gasteiger partial charge in [-0.25, -0.2) is 0 Å². The zero-order valence-corrected chi connectivity index (χ0v) is 6.31. The first-order chi connectivity index (χ1) is 4.35. The van der Waals surface area contributed by atoms with Gasteiger partial charge in [0.05, 0.1) is 6.17 Å². The molecule has 0 aliphatic rings. The van der Waals surface area contributed by atoms with E-state index in [4.69, 9.17) is 0 Å². The van der Waals surface area contributed by atoms with Gasteiger partial charge in [0, 0.05) is 19.7 Å². The molecule has 0 heterocycles. The van der Waals surface area contributed by atoms with Gasteiger partial charge in [-0.3, -0.25) is 0 Å². The molecule has 0 aromatic rings. The fourth-order valence-electron chi connectivity index (χ4n) is 0.591. The fraction of sp³-hybridized carbons (Fsp3) is 0.833. The highest BCUT2D eigenvalue weighted by Gasteiger charge is 1.96. The van der Waals surface area contributed by atoms with Crippen LogP contribution in [0, 0.1) is 0 Å². The molecule has 0 aromatic heterocycles. The van der Waals surface area contributed by atoms with E-state index >= 15 is 0 Å².